The Kier molecular flexibility index (Phi) is 3.19. The maximum atomic E-state index is 10.9. The fourth-order valence-electron chi connectivity index (χ4n) is 2.52. The predicted octanol–water partition coefficient (Wildman–Crippen LogP) is 1.34. The third-order valence-electron chi connectivity index (χ3n) is 3.48. The van der Waals surface area contributed by atoms with E-state index in [0.717, 1.165) is 36.4 Å². The molecule has 1 N–H and O–H groups in total. The van der Waals surface area contributed by atoms with E-state index in [0.29, 0.717) is 6.04 Å². The average molecular weight is 273 g/mol. The van der Waals surface area contributed by atoms with Gasteiger partial charge in [0, 0.05) is 43.2 Å². The molecule has 104 valence electrons. The van der Waals surface area contributed by atoms with Crippen molar-refractivity contribution in [1.82, 2.24) is 15.3 Å². The van der Waals surface area contributed by atoms with Gasteiger partial charge in [-0.15, -0.1) is 0 Å². The first-order chi connectivity index (χ1) is 9.65. The fraction of sp³-hybridized carbons (Fsp3) is 0.385. The van der Waals surface area contributed by atoms with Crippen molar-refractivity contribution >= 4 is 22.4 Å². The Hall–Kier alpha value is -2.28. The number of anilines is 1. The SMILES string of the molecule is CC1CN(c2ncnc3ccc([N+](=O)[O-])cc23)CCN1. The van der Waals surface area contributed by atoms with Crippen LogP contribution in [0.5, 0.6) is 0 Å². The van der Waals surface area contributed by atoms with Crippen molar-refractivity contribution in [1.29, 1.82) is 0 Å². The largest absolute Gasteiger partial charge is 0.353 e. The van der Waals surface area contributed by atoms with Crippen LogP contribution in [0.3, 0.4) is 0 Å². The van der Waals surface area contributed by atoms with Crippen LogP contribution in [-0.2, 0) is 0 Å². The Morgan fingerprint density at radius 2 is 2.30 bits per heavy atom. The van der Waals surface area contributed by atoms with Crippen molar-refractivity contribution in [2.75, 3.05) is 24.5 Å². The molecule has 0 spiro atoms. The zero-order valence-corrected chi connectivity index (χ0v) is 11.1. The Bertz CT molecular complexity index is 660. The molecule has 1 atom stereocenters. The average Bonchev–Trinajstić information content (AvgIpc) is 2.46. The van der Waals surface area contributed by atoms with Gasteiger partial charge in [-0.1, -0.05) is 0 Å². The third kappa shape index (κ3) is 2.27. The number of hydrogen-bond donors (Lipinski definition) is 1. The van der Waals surface area contributed by atoms with Crippen LogP contribution in [0.4, 0.5) is 11.5 Å². The molecule has 20 heavy (non-hydrogen) atoms. The molecule has 1 aromatic heterocycles. The van der Waals surface area contributed by atoms with Gasteiger partial charge in [-0.25, -0.2) is 9.97 Å². The summed E-state index contributed by atoms with van der Waals surface area (Å²) in [6.45, 7) is 4.65. The second-order valence-electron chi connectivity index (χ2n) is 4.96. The van der Waals surface area contributed by atoms with Gasteiger partial charge in [0.15, 0.2) is 0 Å². The normalized spacial score (nSPS) is 19.2. The van der Waals surface area contributed by atoms with Crippen LogP contribution in [0.15, 0.2) is 24.5 Å². The molecule has 1 aliphatic rings. The number of fused-ring (bicyclic) bond motifs is 1. The van der Waals surface area contributed by atoms with E-state index in [1.807, 2.05) is 0 Å². The lowest BCUT2D eigenvalue weighted by Crippen LogP contribution is -2.49. The zero-order chi connectivity index (χ0) is 14.1. The van der Waals surface area contributed by atoms with Gasteiger partial charge in [0.25, 0.3) is 5.69 Å². The lowest BCUT2D eigenvalue weighted by Gasteiger charge is -2.33. The summed E-state index contributed by atoms with van der Waals surface area (Å²) in [4.78, 5) is 21.2. The molecule has 1 aliphatic heterocycles. The van der Waals surface area contributed by atoms with Crippen molar-refractivity contribution in [3.8, 4) is 0 Å². The van der Waals surface area contributed by atoms with Crippen LogP contribution in [0.1, 0.15) is 6.92 Å². The van der Waals surface area contributed by atoms with Crippen LogP contribution in [-0.4, -0.2) is 40.6 Å². The van der Waals surface area contributed by atoms with Crippen molar-refractivity contribution in [3.63, 3.8) is 0 Å². The predicted molar refractivity (Wildman–Crippen MR) is 75.9 cm³/mol. The summed E-state index contributed by atoms with van der Waals surface area (Å²) in [7, 11) is 0. The molecule has 2 heterocycles. The number of nitro benzene ring substituents is 1. The van der Waals surface area contributed by atoms with Gasteiger partial charge >= 0.3 is 0 Å². The van der Waals surface area contributed by atoms with E-state index in [2.05, 4.69) is 27.1 Å². The Balaban J connectivity index is 2.09. The number of nitrogens with zero attached hydrogens (tertiary/aromatic N) is 4. The molecule has 0 saturated carbocycles. The smallest absolute Gasteiger partial charge is 0.270 e. The van der Waals surface area contributed by atoms with Crippen molar-refractivity contribution < 1.29 is 4.92 Å². The Morgan fingerprint density at radius 1 is 1.45 bits per heavy atom. The zero-order valence-electron chi connectivity index (χ0n) is 11.1. The van der Waals surface area contributed by atoms with Crippen molar-refractivity contribution in [2.45, 2.75) is 13.0 Å². The Morgan fingerprint density at radius 3 is 3.05 bits per heavy atom. The second kappa shape index (κ2) is 5.01. The van der Waals surface area contributed by atoms with Crippen molar-refractivity contribution in [3.05, 3.63) is 34.6 Å². The van der Waals surface area contributed by atoms with Crippen LogP contribution in [0.25, 0.3) is 10.9 Å². The van der Waals surface area contributed by atoms with Crippen LogP contribution < -0.4 is 10.2 Å². The minimum absolute atomic E-state index is 0.0664. The Labute approximate surface area is 115 Å². The number of benzene rings is 1. The molecule has 2 aromatic rings. The summed E-state index contributed by atoms with van der Waals surface area (Å²) in [5, 5.41) is 15.0. The van der Waals surface area contributed by atoms with E-state index >= 15 is 0 Å². The number of piperazine rings is 1. The highest BCUT2D eigenvalue weighted by atomic mass is 16.6. The van der Waals surface area contributed by atoms with Crippen LogP contribution >= 0.6 is 0 Å². The summed E-state index contributed by atoms with van der Waals surface area (Å²) in [5.41, 5.74) is 0.795. The first-order valence-electron chi connectivity index (χ1n) is 6.52. The number of rotatable bonds is 2. The van der Waals surface area contributed by atoms with E-state index in [9.17, 15) is 10.1 Å². The molecular formula is C13H15N5O2. The number of nitro groups is 1. The van der Waals surface area contributed by atoms with Crippen LogP contribution in [0.2, 0.25) is 0 Å². The molecule has 1 saturated heterocycles. The number of nitrogens with one attached hydrogen (secondary N) is 1. The standard InChI is InChI=1S/C13H15N5O2/c1-9-7-17(5-4-14-9)13-11-6-10(18(19)20)2-3-12(11)15-8-16-13/h2-3,6,8-9,14H,4-5,7H2,1H3. The molecule has 7 heteroatoms. The molecule has 7 nitrogen and oxygen atoms in total. The van der Waals surface area contributed by atoms with Gasteiger partial charge in [-0.05, 0) is 13.0 Å². The van der Waals surface area contributed by atoms with E-state index in [1.165, 1.54) is 12.4 Å². The fourth-order valence-corrected chi connectivity index (χ4v) is 2.52. The first kappa shape index (κ1) is 12.7. The summed E-state index contributed by atoms with van der Waals surface area (Å²) in [6, 6.07) is 5.06. The highest BCUT2D eigenvalue weighted by molar-refractivity contribution is 5.91. The summed E-state index contributed by atoms with van der Waals surface area (Å²) >= 11 is 0. The topological polar surface area (TPSA) is 84.2 Å². The highest BCUT2D eigenvalue weighted by Crippen LogP contribution is 2.27. The third-order valence-corrected chi connectivity index (χ3v) is 3.48. The van der Waals surface area contributed by atoms with Crippen LogP contribution in [0, 0.1) is 10.1 Å². The number of non-ortho nitro benzene ring substituents is 1. The summed E-state index contributed by atoms with van der Waals surface area (Å²) in [6.07, 6.45) is 1.51. The highest BCUT2D eigenvalue weighted by Gasteiger charge is 2.20. The molecule has 0 bridgehead atoms. The molecule has 0 amide bonds. The maximum absolute atomic E-state index is 10.9. The number of aromatic nitrogens is 2. The van der Waals surface area contributed by atoms with E-state index in [-0.39, 0.29) is 5.69 Å². The van der Waals surface area contributed by atoms with E-state index in [4.69, 9.17) is 0 Å². The monoisotopic (exact) mass is 273 g/mol. The van der Waals surface area contributed by atoms with Gasteiger partial charge < -0.3 is 10.2 Å². The van der Waals surface area contributed by atoms with Gasteiger partial charge in [-0.2, -0.15) is 0 Å². The van der Waals surface area contributed by atoms with E-state index < -0.39 is 4.92 Å². The molecule has 1 aromatic carbocycles. The quantitative estimate of drug-likeness (QED) is 0.656. The molecule has 0 aliphatic carbocycles. The molecular weight excluding hydrogens is 258 g/mol. The summed E-state index contributed by atoms with van der Waals surface area (Å²) in [5.74, 6) is 0.770. The van der Waals surface area contributed by atoms with E-state index in [1.54, 1.807) is 12.1 Å². The lowest BCUT2D eigenvalue weighted by molar-refractivity contribution is -0.384. The van der Waals surface area contributed by atoms with Gasteiger partial charge in [0.05, 0.1) is 10.4 Å². The number of hydrogen-bond acceptors (Lipinski definition) is 6. The molecule has 1 unspecified atom stereocenters. The minimum atomic E-state index is -0.392. The minimum Gasteiger partial charge on any atom is -0.353 e. The molecule has 1 fully saturated rings. The van der Waals surface area contributed by atoms with Crippen molar-refractivity contribution in [2.24, 2.45) is 0 Å². The first-order valence-corrected chi connectivity index (χ1v) is 6.52. The van der Waals surface area contributed by atoms with Gasteiger partial charge in [0.1, 0.15) is 12.1 Å². The second-order valence-corrected chi connectivity index (χ2v) is 4.96. The lowest BCUT2D eigenvalue weighted by atomic mass is 10.1. The van der Waals surface area contributed by atoms with Gasteiger partial charge in [-0.3, -0.25) is 10.1 Å². The summed E-state index contributed by atoms with van der Waals surface area (Å²) < 4.78 is 0. The molecule has 3 rings (SSSR count). The maximum Gasteiger partial charge on any atom is 0.270 e. The van der Waals surface area contributed by atoms with Gasteiger partial charge in [0.2, 0.25) is 0 Å². The molecule has 0 radical (unpaired) electrons.